The quantitative estimate of drug-likeness (QED) is 0.751. The summed E-state index contributed by atoms with van der Waals surface area (Å²) < 4.78 is 5.04. The maximum Gasteiger partial charge on any atom is 0.296 e. The Morgan fingerprint density at radius 1 is 1.39 bits per heavy atom. The first kappa shape index (κ1) is 12.5. The van der Waals surface area contributed by atoms with E-state index in [1.807, 2.05) is 24.3 Å². The number of benzene rings is 1. The number of nitrogens with one attached hydrogen (secondary N) is 1. The lowest BCUT2D eigenvalue weighted by atomic mass is 9.88. The maximum atomic E-state index is 11.5. The first-order chi connectivity index (χ1) is 8.67. The van der Waals surface area contributed by atoms with E-state index in [-0.39, 0.29) is 18.0 Å². The molecule has 0 aromatic heterocycles. The Balaban J connectivity index is 1.88. The number of hydrogen-bond acceptors (Lipinski definition) is 3. The molecule has 1 aliphatic rings. The molecule has 3 N–H and O–H groups in total. The molecule has 1 aliphatic carbocycles. The molecule has 4 heteroatoms. The van der Waals surface area contributed by atoms with Crippen molar-refractivity contribution in [2.75, 3.05) is 7.11 Å². The number of hydrogen-bond donors (Lipinski definition) is 2. The van der Waals surface area contributed by atoms with Gasteiger partial charge >= 0.3 is 0 Å². The molecule has 0 bridgehead atoms. The summed E-state index contributed by atoms with van der Waals surface area (Å²) in [6.45, 7) is 0. The fraction of sp³-hybridized carbons (Fsp3) is 0.357. The van der Waals surface area contributed by atoms with Gasteiger partial charge in [0.1, 0.15) is 5.75 Å². The highest BCUT2D eigenvalue weighted by atomic mass is 16.5. The Kier molecular flexibility index (Phi) is 3.85. The molecule has 1 aromatic carbocycles. The summed E-state index contributed by atoms with van der Waals surface area (Å²) in [7, 11) is 1.61. The molecular weight excluding hydrogens is 228 g/mol. The van der Waals surface area contributed by atoms with Crippen LogP contribution in [0.2, 0.25) is 0 Å². The molecule has 0 spiro atoms. The van der Waals surface area contributed by atoms with Crippen LogP contribution in [0.15, 0.2) is 24.3 Å². The van der Waals surface area contributed by atoms with Crippen molar-refractivity contribution < 1.29 is 9.53 Å². The zero-order valence-corrected chi connectivity index (χ0v) is 10.3. The number of amides is 1. The van der Waals surface area contributed by atoms with E-state index in [1.165, 1.54) is 0 Å². The van der Waals surface area contributed by atoms with Gasteiger partial charge in [-0.3, -0.25) is 4.79 Å². The van der Waals surface area contributed by atoms with Crippen molar-refractivity contribution >= 4 is 5.91 Å². The summed E-state index contributed by atoms with van der Waals surface area (Å²) in [5, 5.41) is 2.82. The van der Waals surface area contributed by atoms with Crippen molar-refractivity contribution in [2.45, 2.75) is 24.9 Å². The first-order valence-corrected chi connectivity index (χ1v) is 5.89. The van der Waals surface area contributed by atoms with Crippen LogP contribution >= 0.6 is 0 Å². The summed E-state index contributed by atoms with van der Waals surface area (Å²) in [5.41, 5.74) is 6.43. The Hall–Kier alpha value is -1.99. The molecule has 4 nitrogen and oxygen atoms in total. The predicted octanol–water partition coefficient (Wildman–Crippen LogP) is 0.653. The minimum atomic E-state index is -0.247. The van der Waals surface area contributed by atoms with Gasteiger partial charge in [-0.2, -0.15) is 0 Å². The average molecular weight is 244 g/mol. The van der Waals surface area contributed by atoms with Gasteiger partial charge in [0.15, 0.2) is 0 Å². The molecule has 1 saturated carbocycles. The van der Waals surface area contributed by atoms with E-state index in [9.17, 15) is 4.79 Å². The predicted molar refractivity (Wildman–Crippen MR) is 69.0 cm³/mol. The van der Waals surface area contributed by atoms with Crippen LogP contribution in [-0.2, 0) is 4.79 Å². The standard InChI is InChI=1S/C14H16N2O2/c1-18-13-5-2-10(3-6-13)4-7-14(17)16-12-8-11(15)9-12/h2-3,5-6,11-12H,8-9,15H2,1H3,(H,16,17). The van der Waals surface area contributed by atoms with E-state index >= 15 is 0 Å². The minimum absolute atomic E-state index is 0.192. The van der Waals surface area contributed by atoms with Crippen LogP contribution in [0, 0.1) is 11.8 Å². The monoisotopic (exact) mass is 244 g/mol. The van der Waals surface area contributed by atoms with Crippen molar-refractivity contribution in [1.82, 2.24) is 5.32 Å². The fourth-order valence-corrected chi connectivity index (χ4v) is 1.80. The van der Waals surface area contributed by atoms with Crippen LogP contribution in [0.25, 0.3) is 0 Å². The van der Waals surface area contributed by atoms with Crippen molar-refractivity contribution in [1.29, 1.82) is 0 Å². The molecule has 1 amide bonds. The van der Waals surface area contributed by atoms with Gasteiger partial charge in [-0.1, -0.05) is 5.92 Å². The second kappa shape index (κ2) is 5.56. The zero-order chi connectivity index (χ0) is 13.0. The summed E-state index contributed by atoms with van der Waals surface area (Å²) in [5.74, 6) is 5.90. The molecule has 0 aliphatic heterocycles. The molecular formula is C14H16N2O2. The molecule has 0 saturated heterocycles. The normalized spacial score (nSPS) is 21.2. The molecule has 0 atom stereocenters. The largest absolute Gasteiger partial charge is 0.497 e. The third kappa shape index (κ3) is 3.25. The Morgan fingerprint density at radius 3 is 2.61 bits per heavy atom. The third-order valence-electron chi connectivity index (χ3n) is 2.92. The van der Waals surface area contributed by atoms with E-state index < -0.39 is 0 Å². The van der Waals surface area contributed by atoms with Crippen molar-refractivity contribution in [2.24, 2.45) is 5.73 Å². The van der Waals surface area contributed by atoms with Crippen molar-refractivity contribution in [3.8, 4) is 17.6 Å². The number of methoxy groups -OCH3 is 1. The average Bonchev–Trinajstić information content (AvgIpc) is 2.35. The Morgan fingerprint density at radius 2 is 2.06 bits per heavy atom. The van der Waals surface area contributed by atoms with Crippen molar-refractivity contribution in [3.05, 3.63) is 29.8 Å². The molecule has 1 fully saturated rings. The summed E-state index contributed by atoms with van der Waals surface area (Å²) in [4.78, 5) is 11.5. The van der Waals surface area contributed by atoms with Crippen LogP contribution < -0.4 is 15.8 Å². The highest BCUT2D eigenvalue weighted by Gasteiger charge is 2.26. The first-order valence-electron chi connectivity index (χ1n) is 5.89. The van der Waals surface area contributed by atoms with Crippen molar-refractivity contribution in [3.63, 3.8) is 0 Å². The van der Waals surface area contributed by atoms with Crippen LogP contribution in [0.4, 0.5) is 0 Å². The maximum absolute atomic E-state index is 11.5. The van der Waals surface area contributed by atoms with Gasteiger partial charge in [0, 0.05) is 23.6 Å². The van der Waals surface area contributed by atoms with E-state index in [0.29, 0.717) is 0 Å². The zero-order valence-electron chi connectivity index (χ0n) is 10.3. The van der Waals surface area contributed by atoms with Crippen LogP contribution in [0.3, 0.4) is 0 Å². The summed E-state index contributed by atoms with van der Waals surface area (Å²) in [6.07, 6.45) is 1.69. The fourth-order valence-electron chi connectivity index (χ4n) is 1.80. The van der Waals surface area contributed by atoms with E-state index in [1.54, 1.807) is 7.11 Å². The lowest BCUT2D eigenvalue weighted by molar-refractivity contribution is -0.116. The lowest BCUT2D eigenvalue weighted by Crippen LogP contribution is -2.50. The molecule has 94 valence electrons. The highest BCUT2D eigenvalue weighted by molar-refractivity contribution is 5.94. The van der Waals surface area contributed by atoms with Gasteiger partial charge in [-0.25, -0.2) is 0 Å². The van der Waals surface area contributed by atoms with E-state index in [0.717, 1.165) is 24.2 Å². The highest BCUT2D eigenvalue weighted by Crippen LogP contribution is 2.16. The molecule has 0 radical (unpaired) electrons. The number of nitrogens with two attached hydrogens (primary N) is 1. The Labute approximate surface area is 107 Å². The topological polar surface area (TPSA) is 64.3 Å². The van der Waals surface area contributed by atoms with Gasteiger partial charge in [-0.15, -0.1) is 0 Å². The molecule has 1 aromatic rings. The third-order valence-corrected chi connectivity index (χ3v) is 2.92. The second-order valence-electron chi connectivity index (χ2n) is 4.38. The smallest absolute Gasteiger partial charge is 0.296 e. The number of carbonyl (C=O) groups is 1. The van der Waals surface area contributed by atoms with Crippen LogP contribution in [0.5, 0.6) is 5.75 Å². The molecule has 0 unspecified atom stereocenters. The number of rotatable bonds is 2. The van der Waals surface area contributed by atoms with Gasteiger partial charge in [0.05, 0.1) is 7.11 Å². The minimum Gasteiger partial charge on any atom is -0.497 e. The van der Waals surface area contributed by atoms with E-state index in [4.69, 9.17) is 10.5 Å². The van der Waals surface area contributed by atoms with E-state index in [2.05, 4.69) is 17.2 Å². The number of carbonyl (C=O) groups excluding carboxylic acids is 1. The lowest BCUT2D eigenvalue weighted by Gasteiger charge is -2.32. The van der Waals surface area contributed by atoms with Gasteiger partial charge in [0.2, 0.25) is 0 Å². The molecule has 2 rings (SSSR count). The SMILES string of the molecule is COc1ccc(C#CC(=O)NC2CC(N)C2)cc1. The summed E-state index contributed by atoms with van der Waals surface area (Å²) in [6, 6.07) is 7.68. The molecule has 18 heavy (non-hydrogen) atoms. The molecule has 0 heterocycles. The van der Waals surface area contributed by atoms with Crippen LogP contribution in [-0.4, -0.2) is 25.1 Å². The van der Waals surface area contributed by atoms with Gasteiger partial charge < -0.3 is 15.8 Å². The van der Waals surface area contributed by atoms with Gasteiger partial charge in [-0.05, 0) is 37.1 Å². The van der Waals surface area contributed by atoms with Crippen LogP contribution in [0.1, 0.15) is 18.4 Å². The number of ether oxygens (including phenoxy) is 1. The Bertz CT molecular complexity index is 479. The summed E-state index contributed by atoms with van der Waals surface area (Å²) >= 11 is 0. The second-order valence-corrected chi connectivity index (χ2v) is 4.38. The van der Waals surface area contributed by atoms with Gasteiger partial charge in [0.25, 0.3) is 5.91 Å².